The van der Waals surface area contributed by atoms with Crippen molar-refractivity contribution < 1.29 is 19.5 Å². The van der Waals surface area contributed by atoms with E-state index in [4.69, 9.17) is 4.74 Å². The summed E-state index contributed by atoms with van der Waals surface area (Å²) in [5.74, 6) is -0.208. The van der Waals surface area contributed by atoms with Crippen molar-refractivity contribution in [3.05, 3.63) is 30.3 Å². The van der Waals surface area contributed by atoms with Crippen LogP contribution in [0.15, 0.2) is 30.3 Å². The average Bonchev–Trinajstić information content (AvgIpc) is 2.48. The van der Waals surface area contributed by atoms with Crippen molar-refractivity contribution in [2.24, 2.45) is 0 Å². The van der Waals surface area contributed by atoms with E-state index in [2.05, 4.69) is 5.32 Å². The molecule has 0 unspecified atom stereocenters. The minimum absolute atomic E-state index is 0.208. The largest absolute Gasteiger partial charge is 0.466 e. The maximum Gasteiger partial charge on any atom is 0.345 e. The number of nitrogens with one attached hydrogen (secondary N) is 1. The van der Waals surface area contributed by atoms with Crippen LogP contribution in [0.1, 0.15) is 32.6 Å². The number of para-hydroxylation sites is 1. The molecule has 0 saturated carbocycles. The number of anilines is 1. The summed E-state index contributed by atoms with van der Waals surface area (Å²) in [5.41, 5.74) is 0.629. The Labute approximate surface area is 124 Å². The van der Waals surface area contributed by atoms with Crippen LogP contribution >= 0.6 is 0 Å². The molecule has 0 spiro atoms. The first-order chi connectivity index (χ1) is 10.1. The Hall–Kier alpha value is -2.08. The first-order valence-corrected chi connectivity index (χ1v) is 7.11. The molecular formula is C15H22N2O4. The Morgan fingerprint density at radius 2 is 1.90 bits per heavy atom. The highest BCUT2D eigenvalue weighted by atomic mass is 16.5. The quantitative estimate of drug-likeness (QED) is 0.334. The number of urea groups is 1. The lowest BCUT2D eigenvalue weighted by molar-refractivity contribution is -0.143. The summed E-state index contributed by atoms with van der Waals surface area (Å²) in [5, 5.41) is 12.8. The number of unbranched alkanes of at least 4 members (excludes halogenated alkanes) is 2. The molecule has 0 aliphatic rings. The summed E-state index contributed by atoms with van der Waals surface area (Å²) < 4.78 is 4.81. The fraction of sp³-hybridized carbons (Fsp3) is 0.467. The third-order valence-electron chi connectivity index (χ3n) is 2.82. The van der Waals surface area contributed by atoms with Gasteiger partial charge in [0.2, 0.25) is 0 Å². The van der Waals surface area contributed by atoms with Crippen LogP contribution in [0.5, 0.6) is 0 Å². The number of ether oxygens (including phenoxy) is 1. The number of benzene rings is 1. The van der Waals surface area contributed by atoms with Gasteiger partial charge >= 0.3 is 12.0 Å². The third-order valence-corrected chi connectivity index (χ3v) is 2.82. The van der Waals surface area contributed by atoms with Crippen LogP contribution in [0.4, 0.5) is 10.5 Å². The van der Waals surface area contributed by atoms with E-state index in [1.54, 1.807) is 31.2 Å². The number of esters is 1. The Kier molecular flexibility index (Phi) is 7.89. The smallest absolute Gasteiger partial charge is 0.345 e. The van der Waals surface area contributed by atoms with E-state index >= 15 is 0 Å². The zero-order valence-corrected chi connectivity index (χ0v) is 12.2. The normalized spacial score (nSPS) is 10.0. The third kappa shape index (κ3) is 7.31. The van der Waals surface area contributed by atoms with Crippen molar-refractivity contribution in [2.45, 2.75) is 32.6 Å². The highest BCUT2D eigenvalue weighted by molar-refractivity contribution is 5.88. The predicted molar refractivity (Wildman–Crippen MR) is 79.1 cm³/mol. The van der Waals surface area contributed by atoms with Gasteiger partial charge in [0.15, 0.2) is 0 Å². The summed E-state index contributed by atoms with van der Waals surface area (Å²) in [4.78, 5) is 22.8. The standard InChI is InChI=1S/C15H22N2O4/c1-2-21-14(18)11-7-4-8-12-17(20)15(19)16-13-9-5-3-6-10-13/h3,5-6,9-10,20H,2,4,7-8,11-12H2,1H3,(H,16,19). The number of carbonyl (C=O) groups excluding carboxylic acids is 2. The second-order valence-electron chi connectivity index (χ2n) is 4.54. The van der Waals surface area contributed by atoms with E-state index in [0.29, 0.717) is 36.6 Å². The van der Waals surface area contributed by atoms with Crippen LogP contribution in [-0.4, -0.2) is 35.4 Å². The molecule has 116 valence electrons. The molecule has 21 heavy (non-hydrogen) atoms. The van der Waals surface area contributed by atoms with Crippen LogP contribution < -0.4 is 5.32 Å². The van der Waals surface area contributed by atoms with E-state index in [1.165, 1.54) is 0 Å². The monoisotopic (exact) mass is 294 g/mol. The van der Waals surface area contributed by atoms with E-state index in [0.717, 1.165) is 6.42 Å². The van der Waals surface area contributed by atoms with Gasteiger partial charge in [-0.3, -0.25) is 10.0 Å². The predicted octanol–water partition coefficient (Wildman–Crippen LogP) is 3.03. The molecule has 0 saturated heterocycles. The summed E-state index contributed by atoms with van der Waals surface area (Å²) in [6, 6.07) is 8.36. The van der Waals surface area contributed by atoms with Gasteiger partial charge in [-0.05, 0) is 31.9 Å². The second kappa shape index (κ2) is 9.77. The Balaban J connectivity index is 2.14. The van der Waals surface area contributed by atoms with Gasteiger partial charge in [-0.15, -0.1) is 0 Å². The van der Waals surface area contributed by atoms with Crippen LogP contribution in [0, 0.1) is 0 Å². The van der Waals surface area contributed by atoms with Crippen molar-refractivity contribution >= 4 is 17.7 Å². The number of hydrogen-bond acceptors (Lipinski definition) is 4. The molecule has 0 atom stereocenters. The summed E-state index contributed by atoms with van der Waals surface area (Å²) in [7, 11) is 0. The van der Waals surface area contributed by atoms with Gasteiger partial charge in [0.05, 0.1) is 13.2 Å². The average molecular weight is 294 g/mol. The zero-order valence-electron chi connectivity index (χ0n) is 12.2. The van der Waals surface area contributed by atoms with E-state index in [1.807, 2.05) is 6.07 Å². The summed E-state index contributed by atoms with van der Waals surface area (Å²) >= 11 is 0. The molecule has 6 nitrogen and oxygen atoms in total. The lowest BCUT2D eigenvalue weighted by Crippen LogP contribution is -2.32. The van der Waals surface area contributed by atoms with Gasteiger partial charge in [0, 0.05) is 12.1 Å². The molecular weight excluding hydrogens is 272 g/mol. The fourth-order valence-corrected chi connectivity index (χ4v) is 1.75. The maximum absolute atomic E-state index is 11.7. The number of rotatable bonds is 8. The summed E-state index contributed by atoms with van der Waals surface area (Å²) in [6.07, 6.45) is 2.43. The number of nitrogens with zero attached hydrogens (tertiary/aromatic N) is 1. The fourth-order valence-electron chi connectivity index (χ4n) is 1.75. The minimum atomic E-state index is -0.563. The molecule has 0 fully saturated rings. The molecule has 0 radical (unpaired) electrons. The van der Waals surface area contributed by atoms with Gasteiger partial charge in [-0.1, -0.05) is 24.6 Å². The van der Waals surface area contributed by atoms with Crippen LogP contribution in [-0.2, 0) is 9.53 Å². The van der Waals surface area contributed by atoms with Gasteiger partial charge in [0.1, 0.15) is 0 Å². The van der Waals surface area contributed by atoms with Crippen molar-refractivity contribution in [2.75, 3.05) is 18.5 Å². The SMILES string of the molecule is CCOC(=O)CCCCCN(O)C(=O)Nc1ccccc1. The van der Waals surface area contributed by atoms with Crippen molar-refractivity contribution in [3.63, 3.8) is 0 Å². The molecule has 0 bridgehead atoms. The first-order valence-electron chi connectivity index (χ1n) is 7.11. The number of carbonyl (C=O) groups is 2. The lowest BCUT2D eigenvalue weighted by atomic mass is 10.2. The summed E-state index contributed by atoms with van der Waals surface area (Å²) in [6.45, 7) is 2.39. The molecule has 0 aliphatic heterocycles. The molecule has 1 aromatic carbocycles. The van der Waals surface area contributed by atoms with Crippen LogP contribution in [0.25, 0.3) is 0 Å². The highest BCUT2D eigenvalue weighted by Crippen LogP contribution is 2.07. The Morgan fingerprint density at radius 3 is 2.57 bits per heavy atom. The minimum Gasteiger partial charge on any atom is -0.466 e. The molecule has 0 aromatic heterocycles. The van der Waals surface area contributed by atoms with Crippen molar-refractivity contribution in [3.8, 4) is 0 Å². The first kappa shape index (κ1) is 17.0. The van der Waals surface area contributed by atoms with Gasteiger partial charge in [0.25, 0.3) is 0 Å². The molecule has 0 heterocycles. The molecule has 6 heteroatoms. The number of hydrogen-bond donors (Lipinski definition) is 2. The van der Waals surface area contributed by atoms with E-state index in [9.17, 15) is 14.8 Å². The molecule has 2 N–H and O–H groups in total. The molecule has 1 rings (SSSR count). The van der Waals surface area contributed by atoms with Crippen LogP contribution in [0.2, 0.25) is 0 Å². The van der Waals surface area contributed by atoms with E-state index < -0.39 is 6.03 Å². The second-order valence-corrected chi connectivity index (χ2v) is 4.54. The molecule has 2 amide bonds. The molecule has 0 aliphatic carbocycles. The maximum atomic E-state index is 11.7. The highest BCUT2D eigenvalue weighted by Gasteiger charge is 2.10. The van der Waals surface area contributed by atoms with E-state index in [-0.39, 0.29) is 12.5 Å². The number of hydroxylamine groups is 2. The van der Waals surface area contributed by atoms with Gasteiger partial charge in [-0.2, -0.15) is 0 Å². The van der Waals surface area contributed by atoms with Gasteiger partial charge < -0.3 is 10.1 Å². The number of amides is 2. The lowest BCUT2D eigenvalue weighted by Gasteiger charge is -2.15. The zero-order chi connectivity index (χ0) is 15.5. The topological polar surface area (TPSA) is 78.9 Å². The van der Waals surface area contributed by atoms with Gasteiger partial charge in [-0.25, -0.2) is 9.86 Å². The van der Waals surface area contributed by atoms with Crippen LogP contribution in [0.3, 0.4) is 0 Å². The Morgan fingerprint density at radius 1 is 1.19 bits per heavy atom. The molecule has 1 aromatic rings. The van der Waals surface area contributed by atoms with Crippen molar-refractivity contribution in [1.82, 2.24) is 5.06 Å². The Bertz CT molecular complexity index is 437. The van der Waals surface area contributed by atoms with Crippen molar-refractivity contribution in [1.29, 1.82) is 0 Å².